The van der Waals surface area contributed by atoms with Gasteiger partial charge in [-0.25, -0.2) is 4.79 Å². The number of anilines is 1. The van der Waals surface area contributed by atoms with Crippen LogP contribution in [0.3, 0.4) is 0 Å². The number of hydrogen-bond donors (Lipinski definition) is 1. The second-order valence-corrected chi connectivity index (χ2v) is 4.79. The Bertz CT molecular complexity index is 630. The van der Waals surface area contributed by atoms with Crippen LogP contribution in [0.1, 0.15) is 11.6 Å². The minimum atomic E-state index is -0.676. The van der Waals surface area contributed by atoms with Crippen LogP contribution in [0.5, 0.6) is 5.75 Å². The Morgan fingerprint density at radius 1 is 1.14 bits per heavy atom. The van der Waals surface area contributed by atoms with Crippen molar-refractivity contribution in [3.8, 4) is 5.75 Å². The first-order valence-electron chi connectivity index (χ1n) is 6.38. The number of carbonyl (C=O) groups is 1. The average Bonchev–Trinajstić information content (AvgIpc) is 2.52. The first-order valence-corrected chi connectivity index (χ1v) is 6.76. The molecule has 4 nitrogen and oxygen atoms in total. The van der Waals surface area contributed by atoms with Crippen molar-refractivity contribution < 1.29 is 14.3 Å². The van der Waals surface area contributed by atoms with Crippen molar-refractivity contribution in [3.05, 3.63) is 59.1 Å². The molecule has 2 rings (SSSR count). The smallest absolute Gasteiger partial charge is 0.333 e. The molecule has 0 aromatic heterocycles. The first-order chi connectivity index (χ1) is 10.2. The lowest BCUT2D eigenvalue weighted by Crippen LogP contribution is -2.22. The molecular formula is C16H16ClNO3. The summed E-state index contributed by atoms with van der Waals surface area (Å²) >= 11 is 5.97. The van der Waals surface area contributed by atoms with E-state index in [4.69, 9.17) is 21.1 Å². The zero-order valence-electron chi connectivity index (χ0n) is 11.8. The van der Waals surface area contributed by atoms with Gasteiger partial charge in [-0.15, -0.1) is 0 Å². The molecule has 0 saturated heterocycles. The van der Waals surface area contributed by atoms with Crippen LogP contribution in [0.4, 0.5) is 5.69 Å². The van der Waals surface area contributed by atoms with E-state index in [1.165, 1.54) is 7.11 Å². The normalized spacial score (nSPS) is 11.6. The van der Waals surface area contributed by atoms with Gasteiger partial charge in [0.05, 0.1) is 14.2 Å². The molecule has 0 bridgehead atoms. The quantitative estimate of drug-likeness (QED) is 0.856. The summed E-state index contributed by atoms with van der Waals surface area (Å²) in [7, 11) is 2.91. The van der Waals surface area contributed by atoms with Crippen LogP contribution in [0.25, 0.3) is 0 Å². The summed E-state index contributed by atoms with van der Waals surface area (Å²) in [6, 6.07) is 13.8. The van der Waals surface area contributed by atoms with E-state index < -0.39 is 12.0 Å². The molecule has 0 spiro atoms. The molecule has 0 heterocycles. The zero-order chi connectivity index (χ0) is 15.2. The molecule has 2 aromatic carbocycles. The van der Waals surface area contributed by atoms with Crippen molar-refractivity contribution in [1.29, 1.82) is 0 Å². The van der Waals surface area contributed by atoms with Gasteiger partial charge in [0.25, 0.3) is 0 Å². The molecule has 1 N–H and O–H groups in total. The van der Waals surface area contributed by atoms with E-state index in [1.807, 2.05) is 24.3 Å². The number of rotatable bonds is 5. The molecule has 1 atom stereocenters. The highest BCUT2D eigenvalue weighted by Crippen LogP contribution is 2.29. The second-order valence-electron chi connectivity index (χ2n) is 4.35. The Kier molecular flexibility index (Phi) is 5.06. The van der Waals surface area contributed by atoms with E-state index in [0.717, 1.165) is 5.69 Å². The van der Waals surface area contributed by atoms with E-state index in [9.17, 15) is 4.79 Å². The van der Waals surface area contributed by atoms with Gasteiger partial charge < -0.3 is 14.8 Å². The van der Waals surface area contributed by atoms with Crippen LogP contribution < -0.4 is 10.1 Å². The maximum Gasteiger partial charge on any atom is 0.333 e. The van der Waals surface area contributed by atoms with Crippen LogP contribution in [-0.4, -0.2) is 20.2 Å². The van der Waals surface area contributed by atoms with Gasteiger partial charge in [0.15, 0.2) is 6.04 Å². The molecule has 0 aliphatic heterocycles. The van der Waals surface area contributed by atoms with Gasteiger partial charge in [-0.2, -0.15) is 0 Å². The monoisotopic (exact) mass is 305 g/mol. The first kappa shape index (κ1) is 15.2. The molecular weight excluding hydrogens is 290 g/mol. The average molecular weight is 306 g/mol. The number of halogens is 1. The Balaban J connectivity index is 2.37. The maximum atomic E-state index is 12.1. The summed E-state index contributed by atoms with van der Waals surface area (Å²) in [6.07, 6.45) is 0. The molecule has 0 amide bonds. The van der Waals surface area contributed by atoms with Crippen molar-refractivity contribution in [3.63, 3.8) is 0 Å². The molecule has 110 valence electrons. The van der Waals surface area contributed by atoms with Gasteiger partial charge in [-0.3, -0.25) is 0 Å². The third kappa shape index (κ3) is 3.67. The third-order valence-corrected chi connectivity index (χ3v) is 3.26. The van der Waals surface area contributed by atoms with Gasteiger partial charge in [-0.05, 0) is 24.3 Å². The van der Waals surface area contributed by atoms with Crippen molar-refractivity contribution in [2.45, 2.75) is 6.04 Å². The molecule has 5 heteroatoms. The molecule has 0 aliphatic carbocycles. The third-order valence-electron chi connectivity index (χ3n) is 3.02. The van der Waals surface area contributed by atoms with Crippen LogP contribution in [-0.2, 0) is 9.53 Å². The number of esters is 1. The maximum absolute atomic E-state index is 12.1. The highest BCUT2D eigenvalue weighted by atomic mass is 35.5. The number of benzene rings is 2. The van der Waals surface area contributed by atoms with E-state index in [0.29, 0.717) is 16.3 Å². The number of hydrogen-bond acceptors (Lipinski definition) is 4. The number of methoxy groups -OCH3 is 2. The number of ether oxygens (including phenoxy) is 2. The van der Waals surface area contributed by atoms with Crippen LogP contribution in [0.15, 0.2) is 48.5 Å². The lowest BCUT2D eigenvalue weighted by Gasteiger charge is -2.20. The summed E-state index contributed by atoms with van der Waals surface area (Å²) in [4.78, 5) is 12.1. The van der Waals surface area contributed by atoms with Crippen LogP contribution in [0, 0.1) is 0 Å². The minimum Gasteiger partial charge on any atom is -0.496 e. The van der Waals surface area contributed by atoms with Gasteiger partial charge in [0, 0.05) is 16.3 Å². The van der Waals surface area contributed by atoms with Crippen molar-refractivity contribution >= 4 is 23.3 Å². The van der Waals surface area contributed by atoms with E-state index in [-0.39, 0.29) is 0 Å². The van der Waals surface area contributed by atoms with Crippen LogP contribution in [0.2, 0.25) is 5.02 Å². The molecule has 1 unspecified atom stereocenters. The lowest BCUT2D eigenvalue weighted by molar-refractivity contribution is -0.141. The molecule has 0 radical (unpaired) electrons. The Hall–Kier alpha value is -2.20. The number of nitrogens with one attached hydrogen (secondary N) is 1. The highest BCUT2D eigenvalue weighted by Gasteiger charge is 2.24. The summed E-state index contributed by atoms with van der Waals surface area (Å²) in [5, 5.41) is 3.71. The fourth-order valence-electron chi connectivity index (χ4n) is 2.03. The molecule has 0 aliphatic rings. The van der Waals surface area contributed by atoms with Crippen LogP contribution >= 0.6 is 11.6 Å². The molecule has 21 heavy (non-hydrogen) atoms. The Morgan fingerprint density at radius 2 is 1.90 bits per heavy atom. The van der Waals surface area contributed by atoms with Crippen molar-refractivity contribution in [1.82, 2.24) is 0 Å². The summed E-state index contributed by atoms with van der Waals surface area (Å²) < 4.78 is 10.2. The summed E-state index contributed by atoms with van der Waals surface area (Å²) in [5.41, 5.74) is 1.43. The highest BCUT2D eigenvalue weighted by molar-refractivity contribution is 6.30. The molecule has 2 aromatic rings. The van der Waals surface area contributed by atoms with Crippen molar-refractivity contribution in [2.24, 2.45) is 0 Å². The van der Waals surface area contributed by atoms with Gasteiger partial charge in [-0.1, -0.05) is 35.9 Å². The summed E-state index contributed by atoms with van der Waals surface area (Å²) in [6.45, 7) is 0. The van der Waals surface area contributed by atoms with Gasteiger partial charge in [0.2, 0.25) is 0 Å². The van der Waals surface area contributed by atoms with E-state index >= 15 is 0 Å². The SMILES string of the molecule is COC(=O)C(Nc1cccc(Cl)c1)c1ccccc1OC. The standard InChI is InChI=1S/C16H16ClNO3/c1-20-14-9-4-3-8-13(14)15(16(19)21-2)18-12-7-5-6-11(17)10-12/h3-10,15,18H,1-2H3. The molecule has 0 fully saturated rings. The number of para-hydroxylation sites is 1. The zero-order valence-corrected chi connectivity index (χ0v) is 12.6. The van der Waals surface area contributed by atoms with Crippen molar-refractivity contribution in [2.75, 3.05) is 19.5 Å². The fraction of sp³-hybridized carbons (Fsp3) is 0.188. The van der Waals surface area contributed by atoms with E-state index in [1.54, 1.807) is 31.4 Å². The van der Waals surface area contributed by atoms with Gasteiger partial charge in [0.1, 0.15) is 5.75 Å². The van der Waals surface area contributed by atoms with E-state index in [2.05, 4.69) is 5.32 Å². The summed E-state index contributed by atoms with van der Waals surface area (Å²) in [5.74, 6) is 0.210. The lowest BCUT2D eigenvalue weighted by atomic mass is 10.1. The minimum absolute atomic E-state index is 0.403. The molecule has 0 saturated carbocycles. The van der Waals surface area contributed by atoms with Gasteiger partial charge >= 0.3 is 5.97 Å². The Labute approximate surface area is 128 Å². The predicted octanol–water partition coefficient (Wildman–Crippen LogP) is 3.67. The predicted molar refractivity (Wildman–Crippen MR) is 82.8 cm³/mol. The number of carbonyl (C=O) groups excluding carboxylic acids is 1. The largest absolute Gasteiger partial charge is 0.496 e. The second kappa shape index (κ2) is 6.99. The topological polar surface area (TPSA) is 47.6 Å². The Morgan fingerprint density at radius 3 is 2.57 bits per heavy atom. The fourth-order valence-corrected chi connectivity index (χ4v) is 2.22.